The second kappa shape index (κ2) is 7.49. The van der Waals surface area contributed by atoms with E-state index in [1.807, 2.05) is 13.8 Å². The van der Waals surface area contributed by atoms with Crippen molar-refractivity contribution in [2.24, 2.45) is 5.92 Å². The topological polar surface area (TPSA) is 71.1 Å². The van der Waals surface area contributed by atoms with Gasteiger partial charge in [-0.2, -0.15) is 0 Å². The number of aromatic nitrogens is 1. The summed E-state index contributed by atoms with van der Waals surface area (Å²) >= 11 is 0. The van der Waals surface area contributed by atoms with Crippen LogP contribution in [0.3, 0.4) is 0 Å². The van der Waals surface area contributed by atoms with Crippen molar-refractivity contribution in [3.05, 3.63) is 59.7 Å². The molecule has 0 saturated heterocycles. The van der Waals surface area contributed by atoms with Gasteiger partial charge in [0.25, 0.3) is 11.8 Å². The fraction of sp³-hybridized carbons (Fsp3) is 0.235. The van der Waals surface area contributed by atoms with E-state index in [4.69, 9.17) is 0 Å². The molecular formula is C17H18FN3O2. The Balaban J connectivity index is 2.11. The first-order chi connectivity index (χ1) is 11.0. The average Bonchev–Trinajstić information content (AvgIpc) is 2.54. The van der Waals surface area contributed by atoms with Crippen LogP contribution in [0.1, 0.15) is 34.7 Å². The van der Waals surface area contributed by atoms with Crippen molar-refractivity contribution in [1.82, 2.24) is 10.3 Å². The minimum Gasteiger partial charge on any atom is -0.352 e. The Hall–Kier alpha value is -2.76. The first-order valence-electron chi connectivity index (χ1n) is 7.27. The number of nitrogens with zero attached hydrogens (tertiary/aromatic N) is 1. The second-order valence-corrected chi connectivity index (χ2v) is 5.47. The molecule has 0 aliphatic heterocycles. The van der Waals surface area contributed by atoms with Gasteiger partial charge in [-0.05, 0) is 30.2 Å². The lowest BCUT2D eigenvalue weighted by atomic mass is 10.2. The van der Waals surface area contributed by atoms with Crippen molar-refractivity contribution >= 4 is 17.5 Å². The summed E-state index contributed by atoms with van der Waals surface area (Å²) in [5.41, 5.74) is 0.443. The SMILES string of the molecule is CC(C)CNC(=O)c1ccnc(C(=O)Nc2ccccc2F)c1. The summed E-state index contributed by atoms with van der Waals surface area (Å²) in [6.45, 7) is 4.51. The Morgan fingerprint density at radius 2 is 1.91 bits per heavy atom. The normalized spacial score (nSPS) is 10.4. The Morgan fingerprint density at radius 1 is 1.17 bits per heavy atom. The van der Waals surface area contributed by atoms with Crippen molar-refractivity contribution in [1.29, 1.82) is 0 Å². The molecule has 23 heavy (non-hydrogen) atoms. The molecule has 2 amide bonds. The van der Waals surface area contributed by atoms with E-state index in [2.05, 4.69) is 15.6 Å². The van der Waals surface area contributed by atoms with Crippen LogP contribution in [0.4, 0.5) is 10.1 Å². The predicted molar refractivity (Wildman–Crippen MR) is 85.8 cm³/mol. The molecule has 0 bridgehead atoms. The zero-order valence-corrected chi connectivity index (χ0v) is 13.0. The molecule has 2 rings (SSSR count). The standard InChI is InChI=1S/C17H18FN3O2/c1-11(2)10-20-16(22)12-7-8-19-15(9-12)17(23)21-14-6-4-3-5-13(14)18/h3-9,11H,10H2,1-2H3,(H,20,22)(H,21,23). The van der Waals surface area contributed by atoms with Crippen LogP contribution in [-0.4, -0.2) is 23.3 Å². The maximum absolute atomic E-state index is 13.5. The van der Waals surface area contributed by atoms with Crippen molar-refractivity contribution in [2.75, 3.05) is 11.9 Å². The highest BCUT2D eigenvalue weighted by Crippen LogP contribution is 2.13. The summed E-state index contributed by atoms with van der Waals surface area (Å²) in [5, 5.41) is 5.20. The lowest BCUT2D eigenvalue weighted by Gasteiger charge is -2.09. The Morgan fingerprint density at radius 3 is 2.61 bits per heavy atom. The van der Waals surface area contributed by atoms with Crippen LogP contribution in [0.15, 0.2) is 42.6 Å². The van der Waals surface area contributed by atoms with Crippen LogP contribution >= 0.6 is 0 Å². The van der Waals surface area contributed by atoms with Crippen LogP contribution in [0.5, 0.6) is 0 Å². The third-order valence-electron chi connectivity index (χ3n) is 3.05. The van der Waals surface area contributed by atoms with E-state index >= 15 is 0 Å². The van der Waals surface area contributed by atoms with E-state index in [1.165, 1.54) is 36.5 Å². The molecule has 1 heterocycles. The van der Waals surface area contributed by atoms with Crippen LogP contribution in [0.2, 0.25) is 0 Å². The lowest BCUT2D eigenvalue weighted by Crippen LogP contribution is -2.27. The molecular weight excluding hydrogens is 297 g/mol. The molecule has 0 unspecified atom stereocenters. The highest BCUT2D eigenvalue weighted by atomic mass is 19.1. The maximum atomic E-state index is 13.5. The average molecular weight is 315 g/mol. The van der Waals surface area contributed by atoms with Crippen LogP contribution in [0, 0.1) is 11.7 Å². The van der Waals surface area contributed by atoms with Gasteiger partial charge in [-0.15, -0.1) is 0 Å². The fourth-order valence-electron chi connectivity index (χ4n) is 1.84. The summed E-state index contributed by atoms with van der Waals surface area (Å²) in [4.78, 5) is 28.1. The van der Waals surface area contributed by atoms with E-state index in [-0.39, 0.29) is 17.3 Å². The highest BCUT2D eigenvalue weighted by Gasteiger charge is 2.13. The number of benzene rings is 1. The number of anilines is 1. The summed E-state index contributed by atoms with van der Waals surface area (Å²) in [6, 6.07) is 8.75. The minimum absolute atomic E-state index is 0.0467. The number of nitrogens with one attached hydrogen (secondary N) is 2. The van der Waals surface area contributed by atoms with E-state index in [0.29, 0.717) is 18.0 Å². The number of carbonyl (C=O) groups is 2. The van der Waals surface area contributed by atoms with Gasteiger partial charge in [0.05, 0.1) is 5.69 Å². The monoisotopic (exact) mass is 315 g/mol. The van der Waals surface area contributed by atoms with Gasteiger partial charge in [0.2, 0.25) is 0 Å². The summed E-state index contributed by atoms with van der Waals surface area (Å²) < 4.78 is 13.5. The zero-order valence-electron chi connectivity index (χ0n) is 13.0. The number of hydrogen-bond acceptors (Lipinski definition) is 3. The zero-order chi connectivity index (χ0) is 16.8. The van der Waals surface area contributed by atoms with E-state index in [1.54, 1.807) is 6.07 Å². The summed E-state index contributed by atoms with van der Waals surface area (Å²) in [7, 11) is 0. The summed E-state index contributed by atoms with van der Waals surface area (Å²) in [6.07, 6.45) is 1.38. The number of rotatable bonds is 5. The highest BCUT2D eigenvalue weighted by molar-refractivity contribution is 6.04. The molecule has 2 aromatic rings. The maximum Gasteiger partial charge on any atom is 0.274 e. The molecule has 0 spiro atoms. The molecule has 0 atom stereocenters. The van der Waals surface area contributed by atoms with Gasteiger partial charge in [-0.25, -0.2) is 4.39 Å². The number of carbonyl (C=O) groups excluding carboxylic acids is 2. The molecule has 6 heteroatoms. The van der Waals surface area contributed by atoms with Gasteiger partial charge in [0.15, 0.2) is 0 Å². The van der Waals surface area contributed by atoms with Crippen molar-refractivity contribution in [2.45, 2.75) is 13.8 Å². The molecule has 1 aromatic heterocycles. The number of pyridine rings is 1. The molecule has 0 aliphatic rings. The molecule has 1 aromatic carbocycles. The smallest absolute Gasteiger partial charge is 0.274 e. The molecule has 0 radical (unpaired) electrons. The fourth-order valence-corrected chi connectivity index (χ4v) is 1.84. The Bertz CT molecular complexity index is 716. The van der Waals surface area contributed by atoms with Crippen molar-refractivity contribution in [3.8, 4) is 0 Å². The van der Waals surface area contributed by atoms with Gasteiger partial charge in [0, 0.05) is 18.3 Å². The third kappa shape index (κ3) is 4.60. The van der Waals surface area contributed by atoms with Gasteiger partial charge >= 0.3 is 0 Å². The van der Waals surface area contributed by atoms with Gasteiger partial charge < -0.3 is 10.6 Å². The van der Waals surface area contributed by atoms with E-state index < -0.39 is 11.7 Å². The first kappa shape index (κ1) is 16.6. The quantitative estimate of drug-likeness (QED) is 0.891. The minimum atomic E-state index is -0.575. The molecule has 0 saturated carbocycles. The lowest BCUT2D eigenvalue weighted by molar-refractivity contribution is 0.0949. The van der Waals surface area contributed by atoms with Gasteiger partial charge in [-0.1, -0.05) is 26.0 Å². The number of para-hydroxylation sites is 1. The molecule has 0 fully saturated rings. The summed E-state index contributed by atoms with van der Waals surface area (Å²) in [5.74, 6) is -1.06. The van der Waals surface area contributed by atoms with Crippen molar-refractivity contribution in [3.63, 3.8) is 0 Å². The second-order valence-electron chi connectivity index (χ2n) is 5.47. The first-order valence-corrected chi connectivity index (χ1v) is 7.27. The Kier molecular flexibility index (Phi) is 5.41. The van der Waals surface area contributed by atoms with Gasteiger partial charge in [0.1, 0.15) is 11.5 Å². The van der Waals surface area contributed by atoms with Crippen LogP contribution in [0.25, 0.3) is 0 Å². The van der Waals surface area contributed by atoms with E-state index in [0.717, 1.165) is 0 Å². The Labute approximate surface area is 133 Å². The van der Waals surface area contributed by atoms with E-state index in [9.17, 15) is 14.0 Å². The number of amides is 2. The van der Waals surface area contributed by atoms with Crippen LogP contribution < -0.4 is 10.6 Å². The van der Waals surface area contributed by atoms with Gasteiger partial charge in [-0.3, -0.25) is 14.6 Å². The third-order valence-corrected chi connectivity index (χ3v) is 3.05. The predicted octanol–water partition coefficient (Wildman–Crippen LogP) is 2.86. The van der Waals surface area contributed by atoms with Crippen LogP contribution in [-0.2, 0) is 0 Å². The van der Waals surface area contributed by atoms with Crippen molar-refractivity contribution < 1.29 is 14.0 Å². The number of hydrogen-bond donors (Lipinski definition) is 2. The number of halogens is 1. The molecule has 0 aliphatic carbocycles. The molecule has 5 nitrogen and oxygen atoms in total. The molecule has 120 valence electrons. The molecule has 2 N–H and O–H groups in total. The largest absolute Gasteiger partial charge is 0.352 e.